The van der Waals surface area contributed by atoms with E-state index in [1.54, 1.807) is 47.4 Å². The van der Waals surface area contributed by atoms with Crippen molar-refractivity contribution < 1.29 is 18.0 Å². The van der Waals surface area contributed by atoms with E-state index in [1.807, 2.05) is 48.5 Å². The van der Waals surface area contributed by atoms with Crippen molar-refractivity contribution in [3.05, 3.63) is 102 Å². The number of nitrogens with one attached hydrogen (secondary N) is 1. The first-order valence-corrected chi connectivity index (χ1v) is 14.8. The van der Waals surface area contributed by atoms with E-state index in [-0.39, 0.29) is 29.3 Å². The molecule has 39 heavy (non-hydrogen) atoms. The van der Waals surface area contributed by atoms with Crippen molar-refractivity contribution in [2.24, 2.45) is 11.7 Å². The molecule has 0 aliphatic carbocycles. The predicted octanol–water partition coefficient (Wildman–Crippen LogP) is 2.73. The van der Waals surface area contributed by atoms with Gasteiger partial charge in [0.2, 0.25) is 21.8 Å². The van der Waals surface area contributed by atoms with Crippen molar-refractivity contribution in [1.82, 2.24) is 14.5 Å². The third kappa shape index (κ3) is 5.90. The van der Waals surface area contributed by atoms with E-state index in [2.05, 4.69) is 5.32 Å². The highest BCUT2D eigenvalue weighted by Gasteiger charge is 2.45. The largest absolute Gasteiger partial charge is 0.342 e. The molecule has 2 aliphatic rings. The van der Waals surface area contributed by atoms with Crippen LogP contribution in [0.4, 0.5) is 0 Å². The van der Waals surface area contributed by atoms with Crippen LogP contribution in [0.5, 0.6) is 0 Å². The first-order chi connectivity index (χ1) is 18.8. The monoisotopic (exact) mass is 546 g/mol. The summed E-state index contributed by atoms with van der Waals surface area (Å²) < 4.78 is 28.2. The van der Waals surface area contributed by atoms with E-state index in [0.29, 0.717) is 31.5 Å². The maximum absolute atomic E-state index is 14.0. The Morgan fingerprint density at radius 3 is 2.13 bits per heavy atom. The van der Waals surface area contributed by atoms with E-state index < -0.39 is 28.0 Å². The standard InChI is InChI=1S/C30H34N4O4S/c31-28(24-12-6-2-7-13-24)29(35)32-26(20-22-10-4-1-5-11-22)30(36)34-19-17-23-16-18-33(21-27(23)34)39(37,38)25-14-8-3-9-15-25/h1-15,23,26-28H,16-21,31H2,(H,32,35)/t23?,26-,27?,28-/m0/s1. The van der Waals surface area contributed by atoms with Crippen molar-refractivity contribution in [3.8, 4) is 0 Å². The van der Waals surface area contributed by atoms with Gasteiger partial charge in [0.05, 0.1) is 4.90 Å². The van der Waals surface area contributed by atoms with Gasteiger partial charge in [0, 0.05) is 32.1 Å². The summed E-state index contributed by atoms with van der Waals surface area (Å²) in [5, 5.41) is 2.92. The molecule has 2 aliphatic heterocycles. The Labute approximate surface area is 229 Å². The Balaban J connectivity index is 1.36. The second-order valence-corrected chi connectivity index (χ2v) is 12.2. The van der Waals surface area contributed by atoms with Crippen molar-refractivity contribution in [1.29, 1.82) is 0 Å². The number of hydrogen-bond acceptors (Lipinski definition) is 5. The van der Waals surface area contributed by atoms with Crippen LogP contribution in [0.1, 0.15) is 30.0 Å². The molecule has 4 atom stereocenters. The summed E-state index contributed by atoms with van der Waals surface area (Å²) in [6.07, 6.45) is 1.81. The average molecular weight is 547 g/mol. The summed E-state index contributed by atoms with van der Waals surface area (Å²) in [6, 6.07) is 25.0. The third-order valence-electron chi connectivity index (χ3n) is 7.83. The minimum absolute atomic E-state index is 0.209. The fraction of sp³-hybridized carbons (Fsp3) is 0.333. The maximum Gasteiger partial charge on any atom is 0.245 e. The minimum atomic E-state index is -3.67. The van der Waals surface area contributed by atoms with Gasteiger partial charge < -0.3 is 16.0 Å². The minimum Gasteiger partial charge on any atom is -0.342 e. The normalized spacial score (nSPS) is 21.1. The number of likely N-dealkylation sites (tertiary alicyclic amines) is 1. The molecule has 3 N–H and O–H groups in total. The topological polar surface area (TPSA) is 113 Å². The van der Waals surface area contributed by atoms with Crippen LogP contribution in [0.15, 0.2) is 95.9 Å². The van der Waals surface area contributed by atoms with Crippen LogP contribution in [0, 0.1) is 5.92 Å². The molecule has 8 nitrogen and oxygen atoms in total. The van der Waals surface area contributed by atoms with Crippen molar-refractivity contribution >= 4 is 21.8 Å². The average Bonchev–Trinajstić information content (AvgIpc) is 3.41. The fourth-order valence-electron chi connectivity index (χ4n) is 5.67. The zero-order valence-corrected chi connectivity index (χ0v) is 22.5. The number of fused-ring (bicyclic) bond motifs is 1. The van der Waals surface area contributed by atoms with Gasteiger partial charge in [0.15, 0.2) is 0 Å². The Hall–Kier alpha value is -3.53. The highest BCUT2D eigenvalue weighted by atomic mass is 32.2. The smallest absolute Gasteiger partial charge is 0.245 e. The molecule has 3 aromatic rings. The molecule has 2 unspecified atom stereocenters. The highest BCUT2D eigenvalue weighted by molar-refractivity contribution is 7.89. The van der Waals surface area contributed by atoms with Gasteiger partial charge in [-0.05, 0) is 42.0 Å². The van der Waals surface area contributed by atoms with Crippen LogP contribution in [-0.4, -0.2) is 61.2 Å². The van der Waals surface area contributed by atoms with Crippen molar-refractivity contribution in [2.75, 3.05) is 19.6 Å². The number of piperidine rings is 1. The molecule has 0 bridgehead atoms. The Morgan fingerprint density at radius 2 is 1.46 bits per heavy atom. The molecule has 2 amide bonds. The predicted molar refractivity (Wildman–Crippen MR) is 149 cm³/mol. The van der Waals surface area contributed by atoms with Gasteiger partial charge in [0.25, 0.3) is 0 Å². The SMILES string of the molecule is N[C@H](C(=O)N[C@@H](Cc1ccccc1)C(=O)N1CCC2CCN(S(=O)(=O)c3ccccc3)CC21)c1ccccc1. The molecule has 2 saturated heterocycles. The van der Waals surface area contributed by atoms with Crippen LogP contribution in [-0.2, 0) is 26.0 Å². The molecule has 204 valence electrons. The summed E-state index contributed by atoms with van der Waals surface area (Å²) in [5.74, 6) is -0.419. The first kappa shape index (κ1) is 27.1. The maximum atomic E-state index is 14.0. The molecular weight excluding hydrogens is 512 g/mol. The number of nitrogens with two attached hydrogens (primary N) is 1. The van der Waals surface area contributed by atoms with Gasteiger partial charge in [-0.3, -0.25) is 9.59 Å². The molecule has 9 heteroatoms. The van der Waals surface area contributed by atoms with Gasteiger partial charge in [-0.15, -0.1) is 0 Å². The summed E-state index contributed by atoms with van der Waals surface area (Å²) in [7, 11) is -3.67. The second-order valence-electron chi connectivity index (χ2n) is 10.3. The van der Waals surface area contributed by atoms with Crippen molar-refractivity contribution in [3.63, 3.8) is 0 Å². The van der Waals surface area contributed by atoms with Gasteiger partial charge >= 0.3 is 0 Å². The molecule has 0 spiro atoms. The van der Waals surface area contributed by atoms with Gasteiger partial charge in [-0.2, -0.15) is 4.31 Å². The molecular formula is C30H34N4O4S. The van der Waals surface area contributed by atoms with Gasteiger partial charge in [-0.1, -0.05) is 78.9 Å². The lowest BCUT2D eigenvalue weighted by molar-refractivity contribution is -0.138. The number of carbonyl (C=O) groups is 2. The van der Waals surface area contributed by atoms with Crippen LogP contribution in [0.25, 0.3) is 0 Å². The van der Waals surface area contributed by atoms with E-state index in [9.17, 15) is 18.0 Å². The number of benzene rings is 3. The van der Waals surface area contributed by atoms with E-state index >= 15 is 0 Å². The molecule has 0 radical (unpaired) electrons. The molecule has 0 aromatic heterocycles. The Bertz CT molecular complexity index is 1390. The molecule has 0 saturated carbocycles. The summed E-state index contributed by atoms with van der Waals surface area (Å²) >= 11 is 0. The number of carbonyl (C=O) groups excluding carboxylic acids is 2. The molecule has 2 heterocycles. The number of sulfonamides is 1. The van der Waals surface area contributed by atoms with E-state index in [1.165, 1.54) is 4.31 Å². The van der Waals surface area contributed by atoms with E-state index in [4.69, 9.17) is 5.73 Å². The van der Waals surface area contributed by atoms with Crippen LogP contribution < -0.4 is 11.1 Å². The van der Waals surface area contributed by atoms with Crippen LogP contribution in [0.2, 0.25) is 0 Å². The quantitative estimate of drug-likeness (QED) is 0.451. The van der Waals surface area contributed by atoms with Gasteiger partial charge in [0.1, 0.15) is 12.1 Å². The first-order valence-electron chi connectivity index (χ1n) is 13.3. The highest BCUT2D eigenvalue weighted by Crippen LogP contribution is 2.34. The molecule has 2 fully saturated rings. The number of nitrogens with zero attached hydrogens (tertiary/aromatic N) is 2. The van der Waals surface area contributed by atoms with Crippen LogP contribution >= 0.6 is 0 Å². The number of amides is 2. The lowest BCUT2D eigenvalue weighted by atomic mass is 9.93. The number of hydrogen-bond donors (Lipinski definition) is 2. The molecule has 5 rings (SSSR count). The van der Waals surface area contributed by atoms with E-state index in [0.717, 1.165) is 12.0 Å². The number of rotatable bonds is 8. The Kier molecular flexibility index (Phi) is 8.11. The summed E-state index contributed by atoms with van der Waals surface area (Å²) in [6.45, 7) is 1.19. The lowest BCUT2D eigenvalue weighted by Gasteiger charge is -2.38. The zero-order chi connectivity index (χ0) is 27.4. The zero-order valence-electron chi connectivity index (χ0n) is 21.7. The third-order valence-corrected chi connectivity index (χ3v) is 9.71. The molecule has 3 aromatic carbocycles. The van der Waals surface area contributed by atoms with Crippen LogP contribution in [0.3, 0.4) is 0 Å². The lowest BCUT2D eigenvalue weighted by Crippen LogP contribution is -2.56. The van der Waals surface area contributed by atoms with Gasteiger partial charge in [-0.25, -0.2) is 8.42 Å². The fourth-order valence-corrected chi connectivity index (χ4v) is 7.16. The van der Waals surface area contributed by atoms with Crippen molar-refractivity contribution in [2.45, 2.75) is 42.3 Å². The summed E-state index contributed by atoms with van der Waals surface area (Å²) in [5.41, 5.74) is 7.83. The Morgan fingerprint density at radius 1 is 0.872 bits per heavy atom. The second kappa shape index (κ2) is 11.7. The summed E-state index contributed by atoms with van der Waals surface area (Å²) in [4.78, 5) is 29.3.